The molecule has 0 aromatic carbocycles. The molecule has 3 heterocycles. The Hall–Kier alpha value is -1.40. The van der Waals surface area contributed by atoms with Crippen LogP contribution in [0, 0.1) is 0 Å². The van der Waals surface area contributed by atoms with Crippen LogP contribution >= 0.6 is 0 Å². The summed E-state index contributed by atoms with van der Waals surface area (Å²) in [5.74, 6) is 0.543. The Kier molecular flexibility index (Phi) is 5.45. The zero-order valence-corrected chi connectivity index (χ0v) is 13.3. The van der Waals surface area contributed by atoms with Crippen LogP contribution in [-0.2, 0) is 11.3 Å². The average molecular weight is 305 g/mol. The van der Waals surface area contributed by atoms with Crippen molar-refractivity contribution in [2.75, 3.05) is 39.3 Å². The predicted molar refractivity (Wildman–Crippen MR) is 85.8 cm³/mol. The first kappa shape index (κ1) is 15.5. The van der Waals surface area contributed by atoms with E-state index in [9.17, 15) is 4.79 Å². The Morgan fingerprint density at radius 1 is 1.36 bits per heavy atom. The zero-order valence-electron chi connectivity index (χ0n) is 13.3. The summed E-state index contributed by atoms with van der Waals surface area (Å²) in [7, 11) is 0. The van der Waals surface area contributed by atoms with E-state index in [1.165, 1.54) is 44.5 Å². The molecule has 3 rings (SSSR count). The van der Waals surface area contributed by atoms with Crippen LogP contribution in [0.2, 0.25) is 0 Å². The lowest BCUT2D eigenvalue weighted by Gasteiger charge is -2.23. The van der Waals surface area contributed by atoms with Gasteiger partial charge in [-0.2, -0.15) is 5.10 Å². The molecule has 2 aliphatic heterocycles. The third-order valence-corrected chi connectivity index (χ3v) is 4.71. The van der Waals surface area contributed by atoms with Crippen LogP contribution < -0.4 is 10.6 Å². The lowest BCUT2D eigenvalue weighted by molar-refractivity contribution is -0.121. The molecule has 2 aliphatic rings. The van der Waals surface area contributed by atoms with E-state index in [1.807, 2.05) is 4.68 Å². The van der Waals surface area contributed by atoms with Gasteiger partial charge >= 0.3 is 0 Å². The van der Waals surface area contributed by atoms with Gasteiger partial charge in [0, 0.05) is 37.4 Å². The quantitative estimate of drug-likeness (QED) is 0.806. The predicted octanol–water partition coefficient (Wildman–Crippen LogP) is 0.562. The molecule has 0 spiro atoms. The summed E-state index contributed by atoms with van der Waals surface area (Å²) in [5.41, 5.74) is 1.18. The number of nitrogens with zero attached hydrogens (tertiary/aromatic N) is 3. The summed E-state index contributed by atoms with van der Waals surface area (Å²) in [4.78, 5) is 14.5. The minimum absolute atomic E-state index is 0.0629. The summed E-state index contributed by atoms with van der Waals surface area (Å²) in [6.45, 7) is 6.47. The first-order valence-corrected chi connectivity index (χ1v) is 8.54. The van der Waals surface area contributed by atoms with Crippen molar-refractivity contribution in [2.24, 2.45) is 0 Å². The monoisotopic (exact) mass is 305 g/mol. The highest BCUT2D eigenvalue weighted by Crippen LogP contribution is 2.22. The van der Waals surface area contributed by atoms with E-state index in [1.54, 1.807) is 6.20 Å². The van der Waals surface area contributed by atoms with Crippen LogP contribution in [0.1, 0.15) is 37.3 Å². The average Bonchev–Trinajstić information content (AvgIpc) is 3.20. The standard InChI is InChI=1S/C16H27N5O/c22-16(18-8-11-20-9-1-2-10-20)13-21-15(5-7-19-21)14-4-3-6-17-12-14/h5,7,14,17H,1-4,6,8-13H2,(H,18,22). The zero-order chi connectivity index (χ0) is 15.2. The molecule has 1 aromatic heterocycles. The van der Waals surface area contributed by atoms with Gasteiger partial charge in [-0.05, 0) is 51.4 Å². The third kappa shape index (κ3) is 4.08. The van der Waals surface area contributed by atoms with Crippen molar-refractivity contribution in [1.29, 1.82) is 0 Å². The van der Waals surface area contributed by atoms with Crippen molar-refractivity contribution in [2.45, 2.75) is 38.1 Å². The highest BCUT2D eigenvalue weighted by atomic mass is 16.2. The smallest absolute Gasteiger partial charge is 0.241 e. The van der Waals surface area contributed by atoms with Crippen molar-refractivity contribution in [3.8, 4) is 0 Å². The molecule has 0 aliphatic carbocycles. The molecule has 2 fully saturated rings. The molecule has 6 heteroatoms. The summed E-state index contributed by atoms with van der Waals surface area (Å²) in [6, 6.07) is 2.05. The first-order valence-electron chi connectivity index (χ1n) is 8.54. The van der Waals surface area contributed by atoms with Gasteiger partial charge in [0.1, 0.15) is 6.54 Å². The van der Waals surface area contributed by atoms with Crippen molar-refractivity contribution >= 4 is 5.91 Å². The second-order valence-electron chi connectivity index (χ2n) is 6.36. The number of likely N-dealkylation sites (tertiary alicyclic amines) is 1. The van der Waals surface area contributed by atoms with E-state index < -0.39 is 0 Å². The topological polar surface area (TPSA) is 62.2 Å². The maximum Gasteiger partial charge on any atom is 0.241 e. The van der Waals surface area contributed by atoms with Gasteiger partial charge in [0.2, 0.25) is 5.91 Å². The van der Waals surface area contributed by atoms with Crippen LogP contribution in [0.3, 0.4) is 0 Å². The van der Waals surface area contributed by atoms with Gasteiger partial charge in [-0.15, -0.1) is 0 Å². The minimum atomic E-state index is 0.0629. The molecule has 2 N–H and O–H groups in total. The molecule has 0 radical (unpaired) electrons. The molecule has 0 bridgehead atoms. The second kappa shape index (κ2) is 7.74. The van der Waals surface area contributed by atoms with Crippen LogP contribution in [0.15, 0.2) is 12.3 Å². The van der Waals surface area contributed by atoms with E-state index in [4.69, 9.17) is 0 Å². The number of aromatic nitrogens is 2. The number of carbonyl (C=O) groups excluding carboxylic acids is 1. The number of hydrogen-bond donors (Lipinski definition) is 2. The fourth-order valence-corrected chi connectivity index (χ4v) is 3.48. The van der Waals surface area contributed by atoms with E-state index in [0.717, 1.165) is 26.2 Å². The molecule has 1 unspecified atom stereocenters. The highest BCUT2D eigenvalue weighted by molar-refractivity contribution is 5.75. The van der Waals surface area contributed by atoms with Crippen molar-refractivity contribution in [1.82, 2.24) is 25.3 Å². The Morgan fingerprint density at radius 2 is 2.23 bits per heavy atom. The molecule has 1 aromatic rings. The van der Waals surface area contributed by atoms with Gasteiger partial charge in [-0.1, -0.05) is 0 Å². The van der Waals surface area contributed by atoms with Gasteiger partial charge < -0.3 is 15.5 Å². The molecule has 122 valence electrons. The first-order chi connectivity index (χ1) is 10.8. The minimum Gasteiger partial charge on any atom is -0.353 e. The normalized spacial score (nSPS) is 22.8. The lowest BCUT2D eigenvalue weighted by atomic mass is 9.96. The van der Waals surface area contributed by atoms with Gasteiger partial charge in [-0.25, -0.2) is 0 Å². The fourth-order valence-electron chi connectivity index (χ4n) is 3.48. The number of rotatable bonds is 6. The third-order valence-electron chi connectivity index (χ3n) is 4.71. The fraction of sp³-hybridized carbons (Fsp3) is 0.750. The second-order valence-corrected chi connectivity index (χ2v) is 6.36. The van der Waals surface area contributed by atoms with Crippen molar-refractivity contribution in [3.63, 3.8) is 0 Å². The highest BCUT2D eigenvalue weighted by Gasteiger charge is 2.20. The molecule has 0 saturated carbocycles. The maximum absolute atomic E-state index is 12.1. The molecule has 6 nitrogen and oxygen atoms in total. The van der Waals surface area contributed by atoms with Gasteiger partial charge in [-0.3, -0.25) is 9.48 Å². The van der Waals surface area contributed by atoms with Gasteiger partial charge in [0.25, 0.3) is 0 Å². The lowest BCUT2D eigenvalue weighted by Crippen LogP contribution is -2.36. The van der Waals surface area contributed by atoms with Gasteiger partial charge in [0.15, 0.2) is 0 Å². The summed E-state index contributed by atoms with van der Waals surface area (Å²) >= 11 is 0. The van der Waals surface area contributed by atoms with Crippen LogP contribution in [0.25, 0.3) is 0 Å². The summed E-state index contributed by atoms with van der Waals surface area (Å²) in [6.07, 6.45) is 6.76. The van der Waals surface area contributed by atoms with Crippen molar-refractivity contribution in [3.05, 3.63) is 18.0 Å². The Bertz CT molecular complexity index is 475. The van der Waals surface area contributed by atoms with E-state index >= 15 is 0 Å². The molecular weight excluding hydrogens is 278 g/mol. The summed E-state index contributed by atoms with van der Waals surface area (Å²) in [5, 5.41) is 10.8. The van der Waals surface area contributed by atoms with Crippen LogP contribution in [-0.4, -0.2) is 59.9 Å². The van der Waals surface area contributed by atoms with Crippen LogP contribution in [0.5, 0.6) is 0 Å². The molecule has 1 atom stereocenters. The van der Waals surface area contributed by atoms with E-state index in [-0.39, 0.29) is 5.91 Å². The molecular formula is C16H27N5O. The molecule has 2 saturated heterocycles. The molecule has 1 amide bonds. The molecule has 22 heavy (non-hydrogen) atoms. The Labute approximate surface area is 132 Å². The van der Waals surface area contributed by atoms with Gasteiger partial charge in [0.05, 0.1) is 0 Å². The maximum atomic E-state index is 12.1. The number of nitrogens with one attached hydrogen (secondary N) is 2. The number of amides is 1. The largest absolute Gasteiger partial charge is 0.353 e. The number of piperidine rings is 1. The number of carbonyl (C=O) groups is 1. The number of hydrogen-bond acceptors (Lipinski definition) is 4. The van der Waals surface area contributed by atoms with E-state index in [0.29, 0.717) is 12.5 Å². The van der Waals surface area contributed by atoms with Crippen LogP contribution in [0.4, 0.5) is 0 Å². The summed E-state index contributed by atoms with van der Waals surface area (Å²) < 4.78 is 1.86. The SMILES string of the molecule is O=C(Cn1nccc1C1CCCNC1)NCCN1CCCC1. The van der Waals surface area contributed by atoms with Crippen molar-refractivity contribution < 1.29 is 4.79 Å². The van der Waals surface area contributed by atoms with E-state index in [2.05, 4.69) is 26.7 Å². The Balaban J connectivity index is 1.45. The Morgan fingerprint density at radius 3 is 3.00 bits per heavy atom.